The number of aromatic amines is 1. The molecular weight excluding hydrogens is 338 g/mol. The molecule has 4 rings (SSSR count). The number of H-pyrrole nitrogens is 1. The van der Waals surface area contributed by atoms with Crippen LogP contribution in [0.5, 0.6) is 5.75 Å². The molecule has 6 heteroatoms. The van der Waals surface area contributed by atoms with Gasteiger partial charge in [0.2, 0.25) is 0 Å². The van der Waals surface area contributed by atoms with E-state index in [0.29, 0.717) is 6.04 Å². The van der Waals surface area contributed by atoms with E-state index >= 15 is 0 Å². The van der Waals surface area contributed by atoms with Gasteiger partial charge in [-0.1, -0.05) is 0 Å². The van der Waals surface area contributed by atoms with Crippen LogP contribution in [0.1, 0.15) is 24.2 Å². The molecule has 2 aromatic rings. The van der Waals surface area contributed by atoms with Gasteiger partial charge in [-0.3, -0.25) is 14.9 Å². The van der Waals surface area contributed by atoms with Gasteiger partial charge in [-0.25, -0.2) is 0 Å². The van der Waals surface area contributed by atoms with Crippen LogP contribution >= 0.6 is 0 Å². The third-order valence-electron chi connectivity index (χ3n) is 5.89. The van der Waals surface area contributed by atoms with Crippen molar-refractivity contribution >= 4 is 5.69 Å². The van der Waals surface area contributed by atoms with Crippen LogP contribution in [0.3, 0.4) is 0 Å². The maximum absolute atomic E-state index is 5.27. The lowest BCUT2D eigenvalue weighted by molar-refractivity contribution is 0.0881. The topological polar surface area (TPSA) is 47.6 Å². The minimum absolute atomic E-state index is 0.678. The van der Waals surface area contributed by atoms with Crippen molar-refractivity contribution < 1.29 is 4.74 Å². The first-order valence-corrected chi connectivity index (χ1v) is 10.1. The maximum Gasteiger partial charge on any atom is 0.119 e. The standard InChI is InChI=1S/C21H31N5O/c1-17-14-18(23-22-17)15-24-9-3-4-20(16-24)26-12-10-25(11-13-26)19-5-7-21(27-2)8-6-19/h5-8,14,20H,3-4,9-13,15-16H2,1-2H3,(H,22,23). The minimum Gasteiger partial charge on any atom is -0.497 e. The number of methoxy groups -OCH3 is 1. The fourth-order valence-corrected chi connectivity index (χ4v) is 4.40. The Bertz CT molecular complexity index is 720. The number of nitrogens with zero attached hydrogens (tertiary/aromatic N) is 4. The number of ether oxygens (including phenoxy) is 1. The fraction of sp³-hybridized carbons (Fsp3) is 0.571. The molecule has 0 amide bonds. The van der Waals surface area contributed by atoms with E-state index in [2.05, 4.69) is 62.2 Å². The Morgan fingerprint density at radius 2 is 1.89 bits per heavy atom. The van der Waals surface area contributed by atoms with Gasteiger partial charge in [-0.15, -0.1) is 0 Å². The molecule has 6 nitrogen and oxygen atoms in total. The van der Waals surface area contributed by atoms with Crippen molar-refractivity contribution in [3.8, 4) is 5.75 Å². The van der Waals surface area contributed by atoms with Crippen LogP contribution in [-0.2, 0) is 6.54 Å². The fourth-order valence-electron chi connectivity index (χ4n) is 4.40. The van der Waals surface area contributed by atoms with Gasteiger partial charge in [-0.2, -0.15) is 5.10 Å². The Morgan fingerprint density at radius 1 is 1.11 bits per heavy atom. The average Bonchev–Trinajstić information content (AvgIpc) is 3.13. The number of hydrogen-bond acceptors (Lipinski definition) is 5. The van der Waals surface area contributed by atoms with Crippen molar-refractivity contribution in [1.29, 1.82) is 0 Å². The first-order valence-electron chi connectivity index (χ1n) is 10.1. The molecular formula is C21H31N5O. The van der Waals surface area contributed by atoms with Gasteiger partial charge < -0.3 is 9.64 Å². The highest BCUT2D eigenvalue weighted by Gasteiger charge is 2.28. The summed E-state index contributed by atoms with van der Waals surface area (Å²) in [7, 11) is 1.72. The normalized spacial score (nSPS) is 22.1. The molecule has 2 saturated heterocycles. The van der Waals surface area contributed by atoms with Crippen molar-refractivity contribution in [2.24, 2.45) is 0 Å². The minimum atomic E-state index is 0.678. The van der Waals surface area contributed by atoms with Crippen molar-refractivity contribution in [2.45, 2.75) is 32.4 Å². The molecule has 2 aliphatic heterocycles. The number of likely N-dealkylation sites (tertiary alicyclic amines) is 1. The summed E-state index contributed by atoms with van der Waals surface area (Å²) >= 11 is 0. The number of nitrogens with one attached hydrogen (secondary N) is 1. The summed E-state index contributed by atoms with van der Waals surface area (Å²) in [6.07, 6.45) is 2.60. The van der Waals surface area contributed by atoms with Gasteiger partial charge >= 0.3 is 0 Å². The Balaban J connectivity index is 1.29. The molecule has 1 aromatic heterocycles. The van der Waals surface area contributed by atoms with Crippen molar-refractivity contribution in [3.05, 3.63) is 41.7 Å². The molecule has 0 saturated carbocycles. The van der Waals surface area contributed by atoms with E-state index in [9.17, 15) is 0 Å². The zero-order chi connectivity index (χ0) is 18.6. The largest absolute Gasteiger partial charge is 0.497 e. The van der Waals surface area contributed by atoms with Crippen LogP contribution < -0.4 is 9.64 Å². The molecule has 1 aromatic carbocycles. The number of rotatable bonds is 5. The van der Waals surface area contributed by atoms with Gasteiger partial charge in [0.15, 0.2) is 0 Å². The number of piperazine rings is 1. The predicted octanol–water partition coefficient (Wildman–Crippen LogP) is 2.51. The zero-order valence-electron chi connectivity index (χ0n) is 16.5. The van der Waals surface area contributed by atoms with Gasteiger partial charge in [-0.05, 0) is 56.6 Å². The van der Waals surface area contributed by atoms with Crippen LogP contribution in [0.15, 0.2) is 30.3 Å². The predicted molar refractivity (Wildman–Crippen MR) is 108 cm³/mol. The van der Waals surface area contributed by atoms with Crippen LogP contribution in [0.2, 0.25) is 0 Å². The molecule has 1 N–H and O–H groups in total. The number of piperidine rings is 1. The summed E-state index contributed by atoms with van der Waals surface area (Å²) in [6.45, 7) is 9.87. The number of aryl methyl sites for hydroxylation is 1. The summed E-state index contributed by atoms with van der Waals surface area (Å²) in [5, 5.41) is 7.47. The number of benzene rings is 1. The molecule has 2 fully saturated rings. The third-order valence-corrected chi connectivity index (χ3v) is 5.89. The molecule has 146 valence electrons. The summed E-state index contributed by atoms with van der Waals surface area (Å²) < 4.78 is 5.27. The Kier molecular flexibility index (Phi) is 5.64. The second kappa shape index (κ2) is 8.31. The molecule has 2 aliphatic rings. The average molecular weight is 370 g/mol. The first kappa shape index (κ1) is 18.3. The molecule has 3 heterocycles. The highest BCUT2D eigenvalue weighted by Crippen LogP contribution is 2.23. The Hall–Kier alpha value is -2.05. The van der Waals surface area contributed by atoms with Gasteiger partial charge in [0.1, 0.15) is 5.75 Å². The SMILES string of the molecule is COc1ccc(N2CCN(C3CCCN(Cc4cc(C)[nH]n4)C3)CC2)cc1. The molecule has 0 aliphatic carbocycles. The van der Waals surface area contributed by atoms with Gasteiger partial charge in [0.25, 0.3) is 0 Å². The number of anilines is 1. The number of hydrogen-bond donors (Lipinski definition) is 1. The molecule has 27 heavy (non-hydrogen) atoms. The second-order valence-electron chi connectivity index (χ2n) is 7.79. The second-order valence-corrected chi connectivity index (χ2v) is 7.79. The van der Waals surface area contributed by atoms with E-state index in [1.807, 2.05) is 0 Å². The maximum atomic E-state index is 5.27. The highest BCUT2D eigenvalue weighted by molar-refractivity contribution is 5.49. The quantitative estimate of drug-likeness (QED) is 0.878. The third kappa shape index (κ3) is 4.45. The summed E-state index contributed by atoms with van der Waals surface area (Å²) in [6, 6.07) is 11.3. The lowest BCUT2D eigenvalue weighted by Gasteiger charge is -2.43. The van der Waals surface area contributed by atoms with Crippen LogP contribution in [0, 0.1) is 6.92 Å². The van der Waals surface area contributed by atoms with Gasteiger partial charge in [0.05, 0.1) is 12.8 Å². The van der Waals surface area contributed by atoms with Crippen molar-refractivity contribution in [2.75, 3.05) is 51.3 Å². The first-order chi connectivity index (χ1) is 13.2. The van der Waals surface area contributed by atoms with Crippen molar-refractivity contribution in [1.82, 2.24) is 20.0 Å². The lowest BCUT2D eigenvalue weighted by atomic mass is 10.0. The molecule has 1 atom stereocenters. The summed E-state index contributed by atoms with van der Waals surface area (Å²) in [4.78, 5) is 7.75. The van der Waals surface area contributed by atoms with E-state index in [4.69, 9.17) is 4.74 Å². The van der Waals surface area contributed by atoms with E-state index in [0.717, 1.165) is 56.4 Å². The van der Waals surface area contributed by atoms with E-state index < -0.39 is 0 Å². The summed E-state index contributed by atoms with van der Waals surface area (Å²) in [5.41, 5.74) is 3.61. The molecule has 0 radical (unpaired) electrons. The lowest BCUT2D eigenvalue weighted by Crippen LogP contribution is -2.55. The number of aromatic nitrogens is 2. The van der Waals surface area contributed by atoms with Crippen LogP contribution in [0.25, 0.3) is 0 Å². The smallest absolute Gasteiger partial charge is 0.119 e. The monoisotopic (exact) mass is 369 g/mol. The molecule has 1 unspecified atom stereocenters. The summed E-state index contributed by atoms with van der Waals surface area (Å²) in [5.74, 6) is 0.923. The highest BCUT2D eigenvalue weighted by atomic mass is 16.5. The van der Waals surface area contributed by atoms with Gasteiger partial charge in [0, 0.05) is 56.7 Å². The molecule has 0 bridgehead atoms. The Labute approximate surface area is 162 Å². The van der Waals surface area contributed by atoms with Crippen LogP contribution in [-0.4, -0.2) is 72.4 Å². The van der Waals surface area contributed by atoms with E-state index in [-0.39, 0.29) is 0 Å². The Morgan fingerprint density at radius 3 is 2.56 bits per heavy atom. The molecule has 0 spiro atoms. The van der Waals surface area contributed by atoms with Crippen LogP contribution in [0.4, 0.5) is 5.69 Å². The van der Waals surface area contributed by atoms with E-state index in [1.165, 1.54) is 25.1 Å². The zero-order valence-corrected chi connectivity index (χ0v) is 16.5. The van der Waals surface area contributed by atoms with E-state index in [1.54, 1.807) is 7.11 Å². The van der Waals surface area contributed by atoms with Crippen molar-refractivity contribution in [3.63, 3.8) is 0 Å².